The van der Waals surface area contributed by atoms with Gasteiger partial charge in [0.05, 0.1) is 5.39 Å². The van der Waals surface area contributed by atoms with Gasteiger partial charge in [-0.15, -0.1) is 0 Å². The zero-order valence-electron chi connectivity index (χ0n) is 15.9. The van der Waals surface area contributed by atoms with Gasteiger partial charge in [-0.25, -0.2) is 9.97 Å². The van der Waals surface area contributed by atoms with Crippen molar-refractivity contribution in [3.05, 3.63) is 109 Å². The summed E-state index contributed by atoms with van der Waals surface area (Å²) in [5, 5.41) is 4.54. The molecule has 29 heavy (non-hydrogen) atoms. The van der Waals surface area contributed by atoms with Crippen LogP contribution in [0.1, 0.15) is 5.56 Å². The van der Waals surface area contributed by atoms with Crippen LogP contribution in [-0.2, 0) is 6.54 Å². The van der Waals surface area contributed by atoms with Gasteiger partial charge < -0.3 is 9.88 Å². The first-order valence-corrected chi connectivity index (χ1v) is 9.65. The maximum atomic E-state index is 4.63. The predicted octanol–water partition coefficient (Wildman–Crippen LogP) is 5.70. The third kappa shape index (κ3) is 3.36. The van der Waals surface area contributed by atoms with Gasteiger partial charge in [0.25, 0.3) is 0 Å². The molecule has 3 aromatic carbocycles. The number of fused-ring (bicyclic) bond motifs is 1. The second-order valence-corrected chi connectivity index (χ2v) is 6.87. The molecule has 0 amide bonds. The molecule has 0 aliphatic rings. The molecule has 1 N–H and O–H groups in total. The maximum absolute atomic E-state index is 4.63. The number of hydrogen-bond donors (Lipinski definition) is 1. The van der Waals surface area contributed by atoms with E-state index in [9.17, 15) is 0 Å². The Morgan fingerprint density at radius 1 is 0.724 bits per heavy atom. The van der Waals surface area contributed by atoms with Crippen molar-refractivity contribution in [1.82, 2.24) is 14.5 Å². The number of anilines is 1. The first-order valence-electron chi connectivity index (χ1n) is 9.65. The highest BCUT2D eigenvalue weighted by Crippen LogP contribution is 2.35. The summed E-state index contributed by atoms with van der Waals surface area (Å²) in [7, 11) is 0. The lowest BCUT2D eigenvalue weighted by atomic mass is 10.1. The van der Waals surface area contributed by atoms with Crippen molar-refractivity contribution in [3.63, 3.8) is 0 Å². The summed E-state index contributed by atoms with van der Waals surface area (Å²) >= 11 is 0. The van der Waals surface area contributed by atoms with Gasteiger partial charge in [0.2, 0.25) is 0 Å². The summed E-state index contributed by atoms with van der Waals surface area (Å²) in [6, 6.07) is 31.0. The highest BCUT2D eigenvalue weighted by atomic mass is 15.1. The van der Waals surface area contributed by atoms with Gasteiger partial charge in [0.1, 0.15) is 12.1 Å². The number of rotatable bonds is 5. The fourth-order valence-electron chi connectivity index (χ4n) is 3.60. The lowest BCUT2D eigenvalue weighted by Gasteiger charge is -2.09. The van der Waals surface area contributed by atoms with Crippen LogP contribution in [0.5, 0.6) is 0 Å². The molecule has 140 valence electrons. The van der Waals surface area contributed by atoms with E-state index in [1.165, 1.54) is 5.56 Å². The minimum absolute atomic E-state index is 0.706. The molecule has 0 unspecified atom stereocenters. The monoisotopic (exact) mass is 376 g/mol. The van der Waals surface area contributed by atoms with E-state index in [-0.39, 0.29) is 0 Å². The molecule has 4 heteroatoms. The lowest BCUT2D eigenvalue weighted by molar-refractivity contribution is 1.06. The summed E-state index contributed by atoms with van der Waals surface area (Å²) in [4.78, 5) is 9.21. The Morgan fingerprint density at radius 2 is 1.38 bits per heavy atom. The Hall–Kier alpha value is -3.92. The van der Waals surface area contributed by atoms with Crippen molar-refractivity contribution >= 4 is 16.9 Å². The van der Waals surface area contributed by atoms with Gasteiger partial charge in [-0.2, -0.15) is 0 Å². The summed E-state index contributed by atoms with van der Waals surface area (Å²) in [5.74, 6) is 0.840. The van der Waals surface area contributed by atoms with Crippen LogP contribution in [0.3, 0.4) is 0 Å². The van der Waals surface area contributed by atoms with Crippen molar-refractivity contribution in [2.24, 2.45) is 0 Å². The van der Waals surface area contributed by atoms with Crippen molar-refractivity contribution in [3.8, 4) is 16.8 Å². The summed E-state index contributed by atoms with van der Waals surface area (Å²) in [6.45, 7) is 0.706. The van der Waals surface area contributed by atoms with Gasteiger partial charge in [-0.1, -0.05) is 78.9 Å². The van der Waals surface area contributed by atoms with E-state index in [4.69, 9.17) is 0 Å². The smallest absolute Gasteiger partial charge is 0.150 e. The average molecular weight is 376 g/mol. The summed E-state index contributed by atoms with van der Waals surface area (Å²) in [6.07, 6.45) is 3.78. The molecule has 0 saturated heterocycles. The molecule has 0 fully saturated rings. The Balaban J connectivity index is 1.67. The van der Waals surface area contributed by atoms with Crippen molar-refractivity contribution < 1.29 is 0 Å². The van der Waals surface area contributed by atoms with E-state index in [1.807, 2.05) is 42.5 Å². The lowest BCUT2D eigenvalue weighted by Crippen LogP contribution is -2.03. The van der Waals surface area contributed by atoms with E-state index >= 15 is 0 Å². The number of aromatic nitrogens is 3. The van der Waals surface area contributed by atoms with Crippen LogP contribution < -0.4 is 5.32 Å². The van der Waals surface area contributed by atoms with Crippen LogP contribution >= 0.6 is 0 Å². The average Bonchev–Trinajstić information content (AvgIpc) is 3.20. The predicted molar refractivity (Wildman–Crippen MR) is 118 cm³/mol. The zero-order valence-corrected chi connectivity index (χ0v) is 15.9. The molecule has 2 heterocycles. The van der Waals surface area contributed by atoms with Crippen LogP contribution in [-0.4, -0.2) is 14.5 Å². The first kappa shape index (κ1) is 17.2. The SMILES string of the molecule is c1ccc(CNc2ncnc3c2c(-c2ccccc2)cn3-c2ccccc2)cc1. The van der Waals surface area contributed by atoms with Crippen molar-refractivity contribution in [2.45, 2.75) is 6.54 Å². The quantitative estimate of drug-likeness (QED) is 0.428. The topological polar surface area (TPSA) is 42.7 Å². The minimum atomic E-state index is 0.706. The molecule has 5 rings (SSSR count). The maximum Gasteiger partial charge on any atom is 0.150 e. The zero-order chi connectivity index (χ0) is 19.5. The third-order valence-electron chi connectivity index (χ3n) is 5.00. The van der Waals surface area contributed by atoms with E-state index in [0.29, 0.717) is 6.54 Å². The number of benzene rings is 3. The van der Waals surface area contributed by atoms with Gasteiger partial charge in [-0.3, -0.25) is 0 Å². The molecule has 0 atom stereocenters. The van der Waals surface area contributed by atoms with Gasteiger partial charge >= 0.3 is 0 Å². The van der Waals surface area contributed by atoms with Crippen LogP contribution in [0.15, 0.2) is 104 Å². The Kier molecular flexibility index (Phi) is 4.51. The minimum Gasteiger partial charge on any atom is -0.365 e. The first-order chi connectivity index (χ1) is 14.4. The molecule has 2 aromatic heterocycles. The largest absolute Gasteiger partial charge is 0.365 e. The second kappa shape index (κ2) is 7.60. The van der Waals surface area contributed by atoms with E-state index < -0.39 is 0 Å². The normalized spacial score (nSPS) is 10.9. The van der Waals surface area contributed by atoms with Crippen LogP contribution in [0.4, 0.5) is 5.82 Å². The molecule has 0 aliphatic heterocycles. The highest BCUT2D eigenvalue weighted by molar-refractivity contribution is 6.02. The number of nitrogens with zero attached hydrogens (tertiary/aromatic N) is 3. The Bertz CT molecular complexity index is 1230. The Labute approximate surface area is 169 Å². The number of nitrogens with one attached hydrogen (secondary N) is 1. The molecule has 0 aliphatic carbocycles. The van der Waals surface area contributed by atoms with Crippen LogP contribution in [0.25, 0.3) is 27.8 Å². The van der Waals surface area contributed by atoms with E-state index in [0.717, 1.165) is 33.7 Å². The number of para-hydroxylation sites is 1. The van der Waals surface area contributed by atoms with Gasteiger partial charge in [0.15, 0.2) is 5.65 Å². The molecule has 0 bridgehead atoms. The van der Waals surface area contributed by atoms with E-state index in [1.54, 1.807) is 6.33 Å². The molecule has 5 aromatic rings. The van der Waals surface area contributed by atoms with E-state index in [2.05, 4.69) is 74.6 Å². The fraction of sp³-hybridized carbons (Fsp3) is 0.0400. The molecule has 0 saturated carbocycles. The van der Waals surface area contributed by atoms with Crippen molar-refractivity contribution in [2.75, 3.05) is 5.32 Å². The van der Waals surface area contributed by atoms with Crippen molar-refractivity contribution in [1.29, 1.82) is 0 Å². The number of hydrogen-bond acceptors (Lipinski definition) is 3. The summed E-state index contributed by atoms with van der Waals surface area (Å²) in [5.41, 5.74) is 5.43. The van der Waals surface area contributed by atoms with Gasteiger partial charge in [0, 0.05) is 24.0 Å². The summed E-state index contributed by atoms with van der Waals surface area (Å²) < 4.78 is 2.13. The van der Waals surface area contributed by atoms with Crippen LogP contribution in [0, 0.1) is 0 Å². The molecular weight excluding hydrogens is 356 g/mol. The molecule has 4 nitrogen and oxygen atoms in total. The highest BCUT2D eigenvalue weighted by Gasteiger charge is 2.17. The standard InChI is InChI=1S/C25H20N4/c1-4-10-19(11-5-1)16-26-24-23-22(20-12-6-2-7-13-20)17-29(25(23)28-18-27-24)21-14-8-3-9-15-21/h1-15,17-18H,16H2,(H,26,27,28). The second-order valence-electron chi connectivity index (χ2n) is 6.87. The molecular formula is C25H20N4. The molecule has 0 radical (unpaired) electrons. The van der Waals surface area contributed by atoms with Crippen LogP contribution in [0.2, 0.25) is 0 Å². The molecule has 0 spiro atoms. The Morgan fingerprint density at radius 3 is 2.10 bits per heavy atom. The third-order valence-corrected chi connectivity index (χ3v) is 5.00. The van der Waals surface area contributed by atoms with Gasteiger partial charge in [-0.05, 0) is 23.3 Å². The fourth-order valence-corrected chi connectivity index (χ4v) is 3.60.